The summed E-state index contributed by atoms with van der Waals surface area (Å²) in [5.74, 6) is 0.630. The number of H-pyrrole nitrogens is 1. The Morgan fingerprint density at radius 3 is 2.21 bits per heavy atom. The van der Waals surface area contributed by atoms with Crippen LogP contribution in [0.5, 0.6) is 0 Å². The molecular weight excluding hydrogens is 176 g/mol. The molecule has 0 aliphatic rings. The molecule has 0 saturated heterocycles. The second kappa shape index (κ2) is 6.77. The number of hydrogen-bond donors (Lipinski definition) is 1. The molecule has 0 atom stereocenters. The summed E-state index contributed by atoms with van der Waals surface area (Å²) in [6, 6.07) is 9.69. The van der Waals surface area contributed by atoms with Crippen LogP contribution in [0.15, 0.2) is 30.3 Å². The van der Waals surface area contributed by atoms with Crippen molar-refractivity contribution < 1.29 is 0 Å². The summed E-state index contributed by atoms with van der Waals surface area (Å²) in [4.78, 5) is 0. The van der Waals surface area contributed by atoms with E-state index in [0.29, 0.717) is 5.82 Å². The molecule has 4 heteroatoms. The average Bonchev–Trinajstić information content (AvgIpc) is 2.75. The van der Waals surface area contributed by atoms with Gasteiger partial charge in [0.2, 0.25) is 5.82 Å². The van der Waals surface area contributed by atoms with Gasteiger partial charge >= 0.3 is 0 Å². The summed E-state index contributed by atoms with van der Waals surface area (Å²) >= 11 is 0. The topological polar surface area (TPSA) is 54.5 Å². The standard InChI is InChI=1S/C7H6N4.C2H6.CH4/c1-2-4-6(5-3-1)7-8-10-11-9-7;1-2;/h1-5H,(H,8,9,10,11);1-2H3;1H4. The van der Waals surface area contributed by atoms with Crippen LogP contribution in [0, 0.1) is 0 Å². The van der Waals surface area contributed by atoms with Crippen LogP contribution in [-0.2, 0) is 0 Å². The second-order valence-corrected chi connectivity index (χ2v) is 2.10. The smallest absolute Gasteiger partial charge is 0.177 e. The number of benzene rings is 1. The molecule has 1 heterocycles. The van der Waals surface area contributed by atoms with Gasteiger partial charge in [-0.2, -0.15) is 5.21 Å². The Bertz CT molecular complexity index is 315. The van der Waals surface area contributed by atoms with E-state index in [-0.39, 0.29) is 7.43 Å². The van der Waals surface area contributed by atoms with E-state index in [4.69, 9.17) is 0 Å². The molecule has 0 radical (unpaired) electrons. The van der Waals surface area contributed by atoms with E-state index >= 15 is 0 Å². The number of hydrogen-bond acceptors (Lipinski definition) is 3. The first-order valence-electron chi connectivity index (χ1n) is 4.26. The van der Waals surface area contributed by atoms with Crippen molar-refractivity contribution in [3.63, 3.8) is 0 Å². The third-order valence-corrected chi connectivity index (χ3v) is 1.38. The Morgan fingerprint density at radius 2 is 1.71 bits per heavy atom. The van der Waals surface area contributed by atoms with Crippen molar-refractivity contribution in [2.75, 3.05) is 0 Å². The Balaban J connectivity index is 0.000000531. The monoisotopic (exact) mass is 192 g/mol. The van der Waals surface area contributed by atoms with Crippen molar-refractivity contribution >= 4 is 0 Å². The molecule has 0 bridgehead atoms. The predicted octanol–water partition coefficient (Wildman–Crippen LogP) is 2.53. The first kappa shape index (κ1) is 12.3. The molecule has 1 N–H and O–H groups in total. The van der Waals surface area contributed by atoms with Crippen molar-refractivity contribution in [2.45, 2.75) is 21.3 Å². The van der Waals surface area contributed by atoms with E-state index in [0.717, 1.165) is 5.56 Å². The average molecular weight is 192 g/mol. The van der Waals surface area contributed by atoms with Gasteiger partial charge in [-0.15, -0.1) is 10.2 Å². The highest BCUT2D eigenvalue weighted by Gasteiger charge is 1.98. The number of rotatable bonds is 1. The highest BCUT2D eigenvalue weighted by Crippen LogP contribution is 2.10. The quantitative estimate of drug-likeness (QED) is 0.755. The normalized spacial score (nSPS) is 8.14. The SMILES string of the molecule is C.CC.c1ccc(-c2nn[nH]n2)cc1. The zero-order chi connectivity index (χ0) is 9.52. The van der Waals surface area contributed by atoms with Crippen molar-refractivity contribution in [3.05, 3.63) is 30.3 Å². The fourth-order valence-electron chi connectivity index (χ4n) is 0.871. The van der Waals surface area contributed by atoms with Gasteiger partial charge < -0.3 is 0 Å². The third kappa shape index (κ3) is 2.97. The number of nitrogens with zero attached hydrogens (tertiary/aromatic N) is 3. The van der Waals surface area contributed by atoms with Crippen molar-refractivity contribution in [3.8, 4) is 11.4 Å². The lowest BCUT2D eigenvalue weighted by molar-refractivity contribution is 0.881. The number of aromatic nitrogens is 4. The lowest BCUT2D eigenvalue weighted by Gasteiger charge is -1.89. The van der Waals surface area contributed by atoms with E-state index in [1.54, 1.807) is 0 Å². The molecule has 2 aromatic rings. The van der Waals surface area contributed by atoms with E-state index in [2.05, 4.69) is 20.6 Å². The maximum absolute atomic E-state index is 3.84. The fraction of sp³-hybridized carbons (Fsp3) is 0.300. The Morgan fingerprint density at radius 1 is 1.07 bits per heavy atom. The first-order chi connectivity index (χ1) is 6.47. The van der Waals surface area contributed by atoms with Crippen molar-refractivity contribution in [1.29, 1.82) is 0 Å². The van der Waals surface area contributed by atoms with Crippen LogP contribution in [0.2, 0.25) is 0 Å². The zero-order valence-electron chi connectivity index (χ0n) is 7.73. The summed E-state index contributed by atoms with van der Waals surface area (Å²) in [7, 11) is 0. The van der Waals surface area contributed by atoms with Gasteiger partial charge in [0.1, 0.15) is 0 Å². The van der Waals surface area contributed by atoms with Gasteiger partial charge in [-0.25, -0.2) is 0 Å². The van der Waals surface area contributed by atoms with Gasteiger partial charge in [0.25, 0.3) is 0 Å². The summed E-state index contributed by atoms with van der Waals surface area (Å²) < 4.78 is 0. The maximum atomic E-state index is 3.84. The Labute approximate surface area is 84.4 Å². The van der Waals surface area contributed by atoms with E-state index in [1.165, 1.54) is 0 Å². The van der Waals surface area contributed by atoms with Gasteiger partial charge in [-0.1, -0.05) is 51.6 Å². The molecule has 0 spiro atoms. The molecule has 0 aliphatic heterocycles. The maximum Gasteiger partial charge on any atom is 0.204 e. The molecule has 0 aliphatic carbocycles. The van der Waals surface area contributed by atoms with Crippen LogP contribution in [0.1, 0.15) is 21.3 Å². The van der Waals surface area contributed by atoms with Crippen molar-refractivity contribution in [2.24, 2.45) is 0 Å². The van der Waals surface area contributed by atoms with Crippen LogP contribution in [0.25, 0.3) is 11.4 Å². The highest BCUT2D eigenvalue weighted by molar-refractivity contribution is 5.52. The lowest BCUT2D eigenvalue weighted by Crippen LogP contribution is -1.78. The van der Waals surface area contributed by atoms with Crippen LogP contribution in [0.4, 0.5) is 0 Å². The third-order valence-electron chi connectivity index (χ3n) is 1.38. The second-order valence-electron chi connectivity index (χ2n) is 2.10. The Kier molecular flexibility index (Phi) is 5.94. The summed E-state index contributed by atoms with van der Waals surface area (Å²) in [5.41, 5.74) is 0.973. The largest absolute Gasteiger partial charge is 0.204 e. The number of nitrogens with one attached hydrogen (secondary N) is 1. The molecule has 14 heavy (non-hydrogen) atoms. The van der Waals surface area contributed by atoms with Gasteiger partial charge in [0.15, 0.2) is 0 Å². The summed E-state index contributed by atoms with van der Waals surface area (Å²) in [6.45, 7) is 4.00. The summed E-state index contributed by atoms with van der Waals surface area (Å²) in [6.07, 6.45) is 0. The van der Waals surface area contributed by atoms with Gasteiger partial charge in [-0.05, 0) is 5.21 Å². The van der Waals surface area contributed by atoms with Crippen LogP contribution in [-0.4, -0.2) is 20.6 Å². The van der Waals surface area contributed by atoms with Crippen LogP contribution in [0.3, 0.4) is 0 Å². The molecule has 76 valence electrons. The molecule has 4 nitrogen and oxygen atoms in total. The molecule has 2 rings (SSSR count). The van der Waals surface area contributed by atoms with Crippen LogP contribution >= 0.6 is 0 Å². The molecule has 0 unspecified atom stereocenters. The van der Waals surface area contributed by atoms with Gasteiger partial charge in [0.05, 0.1) is 0 Å². The summed E-state index contributed by atoms with van der Waals surface area (Å²) in [5, 5.41) is 13.5. The molecular formula is C10H16N4. The minimum absolute atomic E-state index is 0. The van der Waals surface area contributed by atoms with Gasteiger partial charge in [0, 0.05) is 5.56 Å². The number of tetrazole rings is 1. The lowest BCUT2D eigenvalue weighted by atomic mass is 10.2. The molecule has 1 aromatic carbocycles. The van der Waals surface area contributed by atoms with E-state index < -0.39 is 0 Å². The molecule has 0 amide bonds. The molecule has 1 aromatic heterocycles. The molecule has 0 saturated carbocycles. The minimum Gasteiger partial charge on any atom is -0.177 e. The van der Waals surface area contributed by atoms with Gasteiger partial charge in [-0.3, -0.25) is 0 Å². The first-order valence-corrected chi connectivity index (χ1v) is 4.26. The van der Waals surface area contributed by atoms with Crippen molar-refractivity contribution in [1.82, 2.24) is 20.6 Å². The highest BCUT2D eigenvalue weighted by atomic mass is 15.5. The predicted molar refractivity (Wildman–Crippen MR) is 57.7 cm³/mol. The zero-order valence-corrected chi connectivity index (χ0v) is 7.73. The van der Waals surface area contributed by atoms with E-state index in [1.807, 2.05) is 44.2 Å². The minimum atomic E-state index is 0. The fourth-order valence-corrected chi connectivity index (χ4v) is 0.871. The van der Waals surface area contributed by atoms with Crippen LogP contribution < -0.4 is 0 Å². The molecule has 0 fully saturated rings. The van der Waals surface area contributed by atoms with E-state index in [9.17, 15) is 0 Å². The number of aromatic amines is 1. The Hall–Kier alpha value is -1.71.